The molecule has 0 saturated heterocycles. The van der Waals surface area contributed by atoms with Crippen LogP contribution in [0.1, 0.15) is 21.5 Å². The summed E-state index contributed by atoms with van der Waals surface area (Å²) >= 11 is 0. The van der Waals surface area contributed by atoms with Crippen LogP contribution in [0.5, 0.6) is 0 Å². The van der Waals surface area contributed by atoms with E-state index in [0.717, 1.165) is 21.9 Å². The fourth-order valence-electron chi connectivity index (χ4n) is 2.64. The van der Waals surface area contributed by atoms with E-state index in [-0.39, 0.29) is 11.5 Å². The van der Waals surface area contributed by atoms with Gasteiger partial charge in [-0.3, -0.25) is 4.79 Å². The summed E-state index contributed by atoms with van der Waals surface area (Å²) in [6, 6.07) is 20.2. The average Bonchev–Trinajstić information content (AvgIpc) is 2.61. The number of rotatable bonds is 5. The number of amides is 1. The molecule has 1 amide bonds. The molecule has 3 aromatic rings. The number of hydrogen-bond donors (Lipinski definition) is 1. The number of hydrogen-bond acceptors (Lipinski definition) is 3. The van der Waals surface area contributed by atoms with Crippen molar-refractivity contribution in [2.24, 2.45) is 0 Å². The molecule has 0 saturated carbocycles. The molecule has 0 aromatic heterocycles. The zero-order valence-corrected chi connectivity index (χ0v) is 13.0. The molecule has 0 unspecified atom stereocenters. The van der Waals surface area contributed by atoms with Crippen LogP contribution in [0.15, 0.2) is 66.7 Å². The van der Waals surface area contributed by atoms with Crippen LogP contribution in [0, 0.1) is 0 Å². The number of fused-ring (bicyclic) bond motifs is 1. The van der Waals surface area contributed by atoms with E-state index in [1.54, 1.807) is 12.1 Å². The zero-order valence-electron chi connectivity index (χ0n) is 13.0. The van der Waals surface area contributed by atoms with Crippen molar-refractivity contribution in [3.05, 3.63) is 83.4 Å². The molecule has 0 spiro atoms. The number of benzene rings is 3. The third kappa shape index (κ3) is 3.60. The maximum absolute atomic E-state index is 12.2. The fraction of sp³-hybridized carbons (Fsp3) is 0.100. The van der Waals surface area contributed by atoms with Gasteiger partial charge in [-0.15, -0.1) is 0 Å². The molecule has 0 atom stereocenters. The number of carbonyl (C=O) groups is 2. The molecule has 0 heterocycles. The van der Waals surface area contributed by atoms with Gasteiger partial charge in [0.1, 0.15) is 0 Å². The Morgan fingerprint density at radius 1 is 0.875 bits per heavy atom. The Morgan fingerprint density at radius 3 is 2.33 bits per heavy atom. The van der Waals surface area contributed by atoms with Gasteiger partial charge in [-0.2, -0.15) is 0 Å². The van der Waals surface area contributed by atoms with Gasteiger partial charge in [0.25, 0.3) is 0 Å². The summed E-state index contributed by atoms with van der Waals surface area (Å²) in [5, 5.41) is 15.8. The Morgan fingerprint density at radius 2 is 1.58 bits per heavy atom. The van der Waals surface area contributed by atoms with Gasteiger partial charge in [0.2, 0.25) is 5.91 Å². The van der Waals surface area contributed by atoms with Crippen LogP contribution in [-0.2, 0) is 17.8 Å². The smallest absolute Gasteiger partial charge is 0.224 e. The predicted molar refractivity (Wildman–Crippen MR) is 90.3 cm³/mol. The minimum Gasteiger partial charge on any atom is -0.545 e. The predicted octanol–water partition coefficient (Wildman–Crippen LogP) is 2.06. The summed E-state index contributed by atoms with van der Waals surface area (Å²) in [7, 11) is 0. The van der Waals surface area contributed by atoms with E-state index in [2.05, 4.69) is 5.32 Å². The first kappa shape index (κ1) is 15.7. The molecular weight excluding hydrogens is 302 g/mol. The minimum absolute atomic E-state index is 0.0738. The lowest BCUT2D eigenvalue weighted by Gasteiger charge is -2.09. The standard InChI is InChI=1S/C20H17NO3/c22-19(21-13-14-8-10-16(11-9-14)20(23)24)12-17-6-3-5-15-4-1-2-7-18(15)17/h1-11H,12-13H2,(H,21,22)(H,23,24)/p-1. The molecule has 3 aromatic carbocycles. The van der Waals surface area contributed by atoms with Crippen molar-refractivity contribution in [3.63, 3.8) is 0 Å². The van der Waals surface area contributed by atoms with Crippen LogP contribution >= 0.6 is 0 Å². The Kier molecular flexibility index (Phi) is 4.57. The summed E-state index contributed by atoms with van der Waals surface area (Å²) in [5.74, 6) is -1.28. The fourth-order valence-corrected chi connectivity index (χ4v) is 2.64. The van der Waals surface area contributed by atoms with Crippen LogP contribution in [0.2, 0.25) is 0 Å². The summed E-state index contributed by atoms with van der Waals surface area (Å²) < 4.78 is 0. The monoisotopic (exact) mass is 318 g/mol. The third-order valence-electron chi connectivity index (χ3n) is 3.91. The highest BCUT2D eigenvalue weighted by Crippen LogP contribution is 2.18. The van der Waals surface area contributed by atoms with Crippen LogP contribution in [0.25, 0.3) is 10.8 Å². The van der Waals surface area contributed by atoms with E-state index in [0.29, 0.717) is 13.0 Å². The van der Waals surface area contributed by atoms with E-state index in [1.807, 2.05) is 42.5 Å². The van der Waals surface area contributed by atoms with E-state index in [4.69, 9.17) is 0 Å². The van der Waals surface area contributed by atoms with Crippen molar-refractivity contribution in [2.45, 2.75) is 13.0 Å². The van der Waals surface area contributed by atoms with E-state index < -0.39 is 5.97 Å². The van der Waals surface area contributed by atoms with Crippen molar-refractivity contribution in [1.82, 2.24) is 5.32 Å². The quantitative estimate of drug-likeness (QED) is 0.783. The van der Waals surface area contributed by atoms with Gasteiger partial charge in [0, 0.05) is 6.54 Å². The van der Waals surface area contributed by atoms with Crippen LogP contribution in [0.3, 0.4) is 0 Å². The molecule has 1 N–H and O–H groups in total. The van der Waals surface area contributed by atoms with Crippen molar-refractivity contribution in [2.75, 3.05) is 0 Å². The third-order valence-corrected chi connectivity index (χ3v) is 3.91. The van der Waals surface area contributed by atoms with Gasteiger partial charge in [0.05, 0.1) is 12.4 Å². The molecule has 4 nitrogen and oxygen atoms in total. The summed E-state index contributed by atoms with van der Waals surface area (Å²) in [4.78, 5) is 22.9. The summed E-state index contributed by atoms with van der Waals surface area (Å²) in [6.45, 7) is 0.358. The summed E-state index contributed by atoms with van der Waals surface area (Å²) in [6.07, 6.45) is 0.304. The Bertz CT molecular complexity index is 880. The molecule has 4 heteroatoms. The highest BCUT2D eigenvalue weighted by Gasteiger charge is 2.06. The summed E-state index contributed by atoms with van der Waals surface area (Å²) in [5.41, 5.74) is 1.95. The van der Waals surface area contributed by atoms with E-state index in [9.17, 15) is 14.7 Å². The second-order valence-electron chi connectivity index (χ2n) is 5.58. The lowest BCUT2D eigenvalue weighted by molar-refractivity contribution is -0.255. The molecular formula is C20H16NO3-. The highest BCUT2D eigenvalue weighted by atomic mass is 16.4. The SMILES string of the molecule is O=C(Cc1cccc2ccccc12)NCc1ccc(C(=O)[O-])cc1. The van der Waals surface area contributed by atoms with Gasteiger partial charge < -0.3 is 15.2 Å². The zero-order chi connectivity index (χ0) is 16.9. The molecule has 120 valence electrons. The number of carbonyl (C=O) groups excluding carboxylic acids is 2. The normalized spacial score (nSPS) is 10.5. The van der Waals surface area contributed by atoms with Crippen molar-refractivity contribution in [1.29, 1.82) is 0 Å². The first-order valence-corrected chi connectivity index (χ1v) is 7.67. The molecule has 0 aliphatic rings. The van der Waals surface area contributed by atoms with Gasteiger partial charge in [-0.1, -0.05) is 66.7 Å². The Hall–Kier alpha value is -3.14. The minimum atomic E-state index is -1.21. The van der Waals surface area contributed by atoms with Crippen molar-refractivity contribution >= 4 is 22.6 Å². The second kappa shape index (κ2) is 6.96. The molecule has 0 aliphatic heterocycles. The van der Waals surface area contributed by atoms with Crippen molar-refractivity contribution < 1.29 is 14.7 Å². The second-order valence-corrected chi connectivity index (χ2v) is 5.58. The molecule has 24 heavy (non-hydrogen) atoms. The topological polar surface area (TPSA) is 69.2 Å². The Labute approximate surface area is 139 Å². The van der Waals surface area contributed by atoms with Gasteiger partial charge in [-0.25, -0.2) is 0 Å². The lowest BCUT2D eigenvalue weighted by Crippen LogP contribution is -2.25. The molecule has 0 fully saturated rings. The van der Waals surface area contributed by atoms with Gasteiger partial charge >= 0.3 is 0 Å². The maximum atomic E-state index is 12.2. The maximum Gasteiger partial charge on any atom is 0.224 e. The molecule has 0 aliphatic carbocycles. The van der Waals surface area contributed by atoms with Gasteiger partial charge in [-0.05, 0) is 27.5 Å². The van der Waals surface area contributed by atoms with Crippen molar-refractivity contribution in [3.8, 4) is 0 Å². The first-order valence-electron chi connectivity index (χ1n) is 7.67. The highest BCUT2D eigenvalue weighted by molar-refractivity contribution is 5.90. The Balaban J connectivity index is 1.64. The van der Waals surface area contributed by atoms with Gasteiger partial charge in [0.15, 0.2) is 0 Å². The number of aromatic carboxylic acids is 1. The lowest BCUT2D eigenvalue weighted by atomic mass is 10.0. The number of carboxylic acids is 1. The average molecular weight is 318 g/mol. The van der Waals surface area contributed by atoms with Crippen LogP contribution in [-0.4, -0.2) is 11.9 Å². The molecule has 3 rings (SSSR count). The van der Waals surface area contributed by atoms with E-state index >= 15 is 0 Å². The van der Waals surface area contributed by atoms with Crippen LogP contribution < -0.4 is 10.4 Å². The molecule has 0 bridgehead atoms. The number of nitrogens with one attached hydrogen (secondary N) is 1. The largest absolute Gasteiger partial charge is 0.545 e. The van der Waals surface area contributed by atoms with E-state index in [1.165, 1.54) is 12.1 Å². The number of carboxylic acid groups (broad SMARTS) is 1. The van der Waals surface area contributed by atoms with Crippen LogP contribution in [0.4, 0.5) is 0 Å². The molecule has 0 radical (unpaired) electrons. The first-order chi connectivity index (χ1) is 11.6.